The van der Waals surface area contributed by atoms with Crippen LogP contribution in [0.3, 0.4) is 0 Å². The Morgan fingerprint density at radius 2 is 2.00 bits per heavy atom. The molecule has 1 aliphatic rings. The highest BCUT2D eigenvalue weighted by Gasteiger charge is 2.29. The van der Waals surface area contributed by atoms with E-state index in [1.807, 2.05) is 11.8 Å². The van der Waals surface area contributed by atoms with Gasteiger partial charge in [0.05, 0.1) is 6.61 Å². The van der Waals surface area contributed by atoms with Crippen LogP contribution in [0.15, 0.2) is 0 Å². The minimum Gasteiger partial charge on any atom is -0.364 e. The maximum absolute atomic E-state index is 5.71. The predicted octanol–water partition coefficient (Wildman–Crippen LogP) is 3.83. The highest BCUT2D eigenvalue weighted by Crippen LogP contribution is 2.36. The maximum Gasteiger partial charge on any atom is 0.111 e. The number of rotatable bonds is 6. The summed E-state index contributed by atoms with van der Waals surface area (Å²) in [7, 11) is 0. The number of unbranched alkanes of at least 4 members (excludes halogenated alkanes) is 4. The lowest BCUT2D eigenvalue weighted by Gasteiger charge is -2.21. The van der Waals surface area contributed by atoms with Crippen LogP contribution < -0.4 is 0 Å². The fourth-order valence-corrected chi connectivity index (χ4v) is 2.80. The first kappa shape index (κ1) is 11.4. The van der Waals surface area contributed by atoms with E-state index in [4.69, 9.17) is 4.74 Å². The van der Waals surface area contributed by atoms with E-state index in [1.54, 1.807) is 0 Å². The van der Waals surface area contributed by atoms with E-state index in [0.29, 0.717) is 0 Å². The van der Waals surface area contributed by atoms with Crippen LogP contribution in [0, 0.1) is 0 Å². The molecule has 0 bridgehead atoms. The summed E-state index contributed by atoms with van der Waals surface area (Å²) in [6.07, 6.45) is 8.09. The van der Waals surface area contributed by atoms with Crippen molar-refractivity contribution in [3.8, 4) is 0 Å². The Morgan fingerprint density at radius 1 is 1.23 bits per heavy atom. The lowest BCUT2D eigenvalue weighted by atomic mass is 10.1. The molecule has 0 radical (unpaired) electrons. The van der Waals surface area contributed by atoms with Crippen LogP contribution >= 0.6 is 11.8 Å². The third kappa shape index (κ3) is 4.37. The highest BCUT2D eigenvalue weighted by atomic mass is 32.2. The lowest BCUT2D eigenvalue weighted by molar-refractivity contribution is 0.0575. The van der Waals surface area contributed by atoms with Crippen LogP contribution in [0.5, 0.6) is 0 Å². The molecule has 1 nitrogen and oxygen atoms in total. The Morgan fingerprint density at radius 3 is 2.62 bits per heavy atom. The summed E-state index contributed by atoms with van der Waals surface area (Å²) >= 11 is 1.99. The van der Waals surface area contributed by atoms with E-state index < -0.39 is 0 Å². The van der Waals surface area contributed by atoms with Crippen molar-refractivity contribution in [2.75, 3.05) is 12.4 Å². The first-order valence-electron chi connectivity index (χ1n) is 5.55. The number of hydrogen-bond acceptors (Lipinski definition) is 2. The fraction of sp³-hybridized carbons (Fsp3) is 1.00. The first-order valence-corrected chi connectivity index (χ1v) is 6.53. The molecular weight excluding hydrogens is 180 g/mol. The second-order valence-electron chi connectivity index (χ2n) is 3.99. The van der Waals surface area contributed by atoms with Crippen LogP contribution in [0.2, 0.25) is 0 Å². The van der Waals surface area contributed by atoms with Gasteiger partial charge in [0.1, 0.15) is 4.93 Å². The monoisotopic (exact) mass is 202 g/mol. The Bertz CT molecular complexity index is 130. The van der Waals surface area contributed by atoms with Crippen molar-refractivity contribution >= 4 is 11.8 Å². The minimum absolute atomic E-state index is 0.159. The SMILES string of the molecule is CCCCCCCC1(C)OCCS1. The van der Waals surface area contributed by atoms with E-state index >= 15 is 0 Å². The quantitative estimate of drug-likeness (QED) is 0.605. The van der Waals surface area contributed by atoms with Gasteiger partial charge in [0.15, 0.2) is 0 Å². The Kier molecular flexibility index (Phi) is 5.18. The van der Waals surface area contributed by atoms with Gasteiger partial charge >= 0.3 is 0 Å². The van der Waals surface area contributed by atoms with Crippen LogP contribution in [0.25, 0.3) is 0 Å². The van der Waals surface area contributed by atoms with Crippen LogP contribution in [-0.2, 0) is 4.74 Å². The van der Waals surface area contributed by atoms with Crippen LogP contribution in [0.1, 0.15) is 52.4 Å². The van der Waals surface area contributed by atoms with Crippen molar-refractivity contribution in [3.05, 3.63) is 0 Å². The van der Waals surface area contributed by atoms with Crippen molar-refractivity contribution in [1.82, 2.24) is 0 Å². The van der Waals surface area contributed by atoms with Gasteiger partial charge in [-0.25, -0.2) is 0 Å². The number of thioether (sulfide) groups is 1. The Hall–Kier alpha value is 0.310. The molecule has 0 aromatic carbocycles. The van der Waals surface area contributed by atoms with Gasteiger partial charge in [-0.2, -0.15) is 0 Å². The normalized spacial score (nSPS) is 28.2. The van der Waals surface area contributed by atoms with Gasteiger partial charge in [-0.05, 0) is 19.8 Å². The molecule has 0 N–H and O–H groups in total. The van der Waals surface area contributed by atoms with Crippen molar-refractivity contribution in [3.63, 3.8) is 0 Å². The van der Waals surface area contributed by atoms with Crippen LogP contribution in [-0.4, -0.2) is 17.3 Å². The van der Waals surface area contributed by atoms with E-state index in [1.165, 1.54) is 44.3 Å². The lowest BCUT2D eigenvalue weighted by Crippen LogP contribution is -2.18. The zero-order valence-corrected chi connectivity index (χ0v) is 9.79. The molecule has 2 heteroatoms. The molecule has 1 rings (SSSR count). The van der Waals surface area contributed by atoms with Gasteiger partial charge in [0.25, 0.3) is 0 Å². The van der Waals surface area contributed by atoms with Crippen molar-refractivity contribution in [2.45, 2.75) is 57.3 Å². The zero-order valence-electron chi connectivity index (χ0n) is 8.97. The summed E-state index contributed by atoms with van der Waals surface area (Å²) in [5, 5.41) is 0. The molecule has 1 saturated heterocycles. The molecule has 1 fully saturated rings. The molecular formula is C11H22OS. The number of hydrogen-bond donors (Lipinski definition) is 0. The second-order valence-corrected chi connectivity index (χ2v) is 5.56. The predicted molar refractivity (Wildman–Crippen MR) is 60.2 cm³/mol. The van der Waals surface area contributed by atoms with E-state index in [9.17, 15) is 0 Å². The summed E-state index contributed by atoms with van der Waals surface area (Å²) in [5.74, 6) is 1.19. The number of ether oxygens (including phenoxy) is 1. The molecule has 1 heterocycles. The molecule has 1 aliphatic heterocycles. The molecule has 13 heavy (non-hydrogen) atoms. The third-order valence-electron chi connectivity index (χ3n) is 2.63. The summed E-state index contributed by atoms with van der Waals surface area (Å²) < 4.78 is 5.71. The molecule has 78 valence electrons. The summed E-state index contributed by atoms with van der Waals surface area (Å²) in [6, 6.07) is 0. The zero-order chi connectivity index (χ0) is 9.57. The van der Waals surface area contributed by atoms with Crippen molar-refractivity contribution in [2.24, 2.45) is 0 Å². The molecule has 0 aliphatic carbocycles. The molecule has 1 atom stereocenters. The second kappa shape index (κ2) is 5.92. The molecule has 1 unspecified atom stereocenters. The van der Waals surface area contributed by atoms with E-state index in [0.717, 1.165) is 6.61 Å². The van der Waals surface area contributed by atoms with Gasteiger partial charge in [-0.15, -0.1) is 11.8 Å². The topological polar surface area (TPSA) is 9.23 Å². The molecule has 0 saturated carbocycles. The average Bonchev–Trinajstić information content (AvgIpc) is 2.53. The van der Waals surface area contributed by atoms with E-state index in [-0.39, 0.29) is 4.93 Å². The summed E-state index contributed by atoms with van der Waals surface area (Å²) in [6.45, 7) is 5.46. The molecule has 0 spiro atoms. The average molecular weight is 202 g/mol. The van der Waals surface area contributed by atoms with Gasteiger partial charge in [0.2, 0.25) is 0 Å². The standard InChI is InChI=1S/C11H22OS/c1-3-4-5-6-7-8-11(2)12-9-10-13-11/h3-10H2,1-2H3. The largest absolute Gasteiger partial charge is 0.364 e. The van der Waals surface area contributed by atoms with E-state index in [2.05, 4.69) is 13.8 Å². The van der Waals surface area contributed by atoms with Gasteiger partial charge < -0.3 is 4.74 Å². The highest BCUT2D eigenvalue weighted by molar-refractivity contribution is 8.00. The first-order chi connectivity index (χ1) is 6.27. The summed E-state index contributed by atoms with van der Waals surface area (Å²) in [4.78, 5) is 0.159. The summed E-state index contributed by atoms with van der Waals surface area (Å²) in [5.41, 5.74) is 0. The molecule has 0 aromatic rings. The van der Waals surface area contributed by atoms with Crippen molar-refractivity contribution < 1.29 is 4.74 Å². The van der Waals surface area contributed by atoms with Crippen molar-refractivity contribution in [1.29, 1.82) is 0 Å². The minimum atomic E-state index is 0.159. The van der Waals surface area contributed by atoms with Gasteiger partial charge in [-0.1, -0.05) is 32.6 Å². The maximum atomic E-state index is 5.71. The third-order valence-corrected chi connectivity index (χ3v) is 3.94. The molecule has 0 amide bonds. The molecule has 0 aromatic heterocycles. The Balaban J connectivity index is 1.98. The Labute approximate surface area is 86.6 Å². The van der Waals surface area contributed by atoms with Crippen LogP contribution in [0.4, 0.5) is 0 Å². The van der Waals surface area contributed by atoms with Gasteiger partial charge in [0, 0.05) is 5.75 Å². The fourth-order valence-electron chi connectivity index (χ4n) is 1.75. The van der Waals surface area contributed by atoms with Gasteiger partial charge in [-0.3, -0.25) is 0 Å². The smallest absolute Gasteiger partial charge is 0.111 e.